The van der Waals surface area contributed by atoms with Gasteiger partial charge in [0, 0.05) is 5.54 Å². The maximum Gasteiger partial charge on any atom is 0.255 e. The molecule has 1 aliphatic carbocycles. The molecule has 2 aromatic rings. The van der Waals surface area contributed by atoms with E-state index < -0.39 is 0 Å². The average Bonchev–Trinajstić information content (AvgIpc) is 2.93. The molecular formula is C19H24FN3O. The summed E-state index contributed by atoms with van der Waals surface area (Å²) in [7, 11) is 0. The summed E-state index contributed by atoms with van der Waals surface area (Å²) in [4.78, 5) is 12.7. The van der Waals surface area contributed by atoms with E-state index in [1.807, 2.05) is 0 Å². The normalized spacial score (nSPS) is 23.9. The highest BCUT2D eigenvalue weighted by atomic mass is 19.1. The molecule has 1 amide bonds. The van der Waals surface area contributed by atoms with Crippen LogP contribution in [-0.4, -0.2) is 21.2 Å². The predicted molar refractivity (Wildman–Crippen MR) is 91.8 cm³/mol. The van der Waals surface area contributed by atoms with Crippen LogP contribution in [0.1, 0.15) is 55.6 Å². The minimum atomic E-state index is -0.358. The Labute approximate surface area is 142 Å². The molecule has 5 heteroatoms. The standard InChI is InChI=1S/C19H24FN3O/c1-13-8-10-19(3,11-9-13)22-18(24)15-12-21-23(14(15)2)17-7-5-4-6-16(17)20/h4-7,12-13H,8-11H2,1-3H3,(H,22,24). The molecule has 1 heterocycles. The molecule has 1 fully saturated rings. The lowest BCUT2D eigenvalue weighted by Crippen LogP contribution is -2.48. The van der Waals surface area contributed by atoms with E-state index in [1.54, 1.807) is 25.1 Å². The number of hydrogen-bond acceptors (Lipinski definition) is 2. The van der Waals surface area contributed by atoms with Crippen LogP contribution in [0.5, 0.6) is 0 Å². The van der Waals surface area contributed by atoms with Crippen LogP contribution in [0.25, 0.3) is 5.69 Å². The molecule has 1 aliphatic rings. The molecule has 0 aliphatic heterocycles. The molecule has 0 bridgehead atoms. The second kappa shape index (κ2) is 6.38. The van der Waals surface area contributed by atoms with Gasteiger partial charge < -0.3 is 5.32 Å². The molecular weight excluding hydrogens is 305 g/mol. The van der Waals surface area contributed by atoms with Crippen molar-refractivity contribution in [2.75, 3.05) is 0 Å². The number of carbonyl (C=O) groups is 1. The Morgan fingerprint density at radius 2 is 2.00 bits per heavy atom. The first-order valence-corrected chi connectivity index (χ1v) is 8.52. The van der Waals surface area contributed by atoms with Gasteiger partial charge in [-0.15, -0.1) is 0 Å². The third kappa shape index (κ3) is 3.21. The average molecular weight is 329 g/mol. The summed E-state index contributed by atoms with van der Waals surface area (Å²) >= 11 is 0. The first-order valence-electron chi connectivity index (χ1n) is 8.52. The zero-order chi connectivity index (χ0) is 17.3. The highest BCUT2D eigenvalue weighted by molar-refractivity contribution is 5.95. The number of aromatic nitrogens is 2. The van der Waals surface area contributed by atoms with Gasteiger partial charge in [-0.05, 0) is 57.6 Å². The molecule has 128 valence electrons. The Bertz CT molecular complexity index is 745. The van der Waals surface area contributed by atoms with Crippen molar-refractivity contribution in [3.05, 3.63) is 47.5 Å². The van der Waals surface area contributed by atoms with E-state index in [4.69, 9.17) is 0 Å². The lowest BCUT2D eigenvalue weighted by Gasteiger charge is -2.37. The Hall–Kier alpha value is -2.17. The van der Waals surface area contributed by atoms with Gasteiger partial charge in [-0.2, -0.15) is 5.10 Å². The number of halogens is 1. The fraction of sp³-hybridized carbons (Fsp3) is 0.474. The molecule has 3 rings (SSSR count). The van der Waals surface area contributed by atoms with Gasteiger partial charge in [-0.3, -0.25) is 4.79 Å². The first-order chi connectivity index (χ1) is 11.4. The number of carbonyl (C=O) groups excluding carboxylic acids is 1. The van der Waals surface area contributed by atoms with Crippen LogP contribution < -0.4 is 5.32 Å². The SMILES string of the molecule is Cc1c(C(=O)NC2(C)CCC(C)CC2)cnn1-c1ccccc1F. The van der Waals surface area contributed by atoms with Crippen molar-refractivity contribution in [2.24, 2.45) is 5.92 Å². The van der Waals surface area contributed by atoms with Crippen molar-refractivity contribution in [3.63, 3.8) is 0 Å². The van der Waals surface area contributed by atoms with Crippen LogP contribution in [0.4, 0.5) is 4.39 Å². The summed E-state index contributed by atoms with van der Waals surface area (Å²) in [6, 6.07) is 6.43. The molecule has 1 saturated carbocycles. The minimum absolute atomic E-state index is 0.132. The third-order valence-corrected chi connectivity index (χ3v) is 5.13. The zero-order valence-electron chi connectivity index (χ0n) is 14.5. The van der Waals surface area contributed by atoms with E-state index in [0.717, 1.165) is 31.6 Å². The smallest absolute Gasteiger partial charge is 0.255 e. The van der Waals surface area contributed by atoms with Gasteiger partial charge in [0.2, 0.25) is 0 Å². The van der Waals surface area contributed by atoms with Crippen LogP contribution in [0.3, 0.4) is 0 Å². The second-order valence-corrected chi connectivity index (χ2v) is 7.20. The summed E-state index contributed by atoms with van der Waals surface area (Å²) in [5.41, 5.74) is 1.33. The summed E-state index contributed by atoms with van der Waals surface area (Å²) in [6.07, 6.45) is 5.75. The number of rotatable bonds is 3. The fourth-order valence-electron chi connectivity index (χ4n) is 3.36. The van der Waals surface area contributed by atoms with Crippen LogP contribution in [-0.2, 0) is 0 Å². The molecule has 1 aromatic heterocycles. The van der Waals surface area contributed by atoms with Crippen LogP contribution in [0.2, 0.25) is 0 Å². The summed E-state index contributed by atoms with van der Waals surface area (Å²) < 4.78 is 15.5. The van der Waals surface area contributed by atoms with Gasteiger partial charge in [-0.25, -0.2) is 9.07 Å². The lowest BCUT2D eigenvalue weighted by atomic mass is 9.78. The molecule has 1 N–H and O–H groups in total. The minimum Gasteiger partial charge on any atom is -0.347 e. The molecule has 0 radical (unpaired) electrons. The van der Waals surface area contributed by atoms with Crippen LogP contribution in [0.15, 0.2) is 30.5 Å². The third-order valence-electron chi connectivity index (χ3n) is 5.13. The predicted octanol–water partition coefficient (Wildman–Crippen LogP) is 4.02. The maximum absolute atomic E-state index is 14.0. The molecule has 0 saturated heterocycles. The van der Waals surface area contributed by atoms with Crippen molar-refractivity contribution in [1.29, 1.82) is 0 Å². The van der Waals surface area contributed by atoms with E-state index in [0.29, 0.717) is 16.9 Å². The van der Waals surface area contributed by atoms with Crippen molar-refractivity contribution >= 4 is 5.91 Å². The van der Waals surface area contributed by atoms with Gasteiger partial charge in [0.15, 0.2) is 0 Å². The first kappa shape index (κ1) is 16.7. The van der Waals surface area contributed by atoms with Gasteiger partial charge in [0.25, 0.3) is 5.91 Å². The van der Waals surface area contributed by atoms with Crippen LogP contribution >= 0.6 is 0 Å². The van der Waals surface area contributed by atoms with Gasteiger partial charge in [0.05, 0.1) is 17.5 Å². The Morgan fingerprint density at radius 1 is 1.33 bits per heavy atom. The quantitative estimate of drug-likeness (QED) is 0.924. The molecule has 24 heavy (non-hydrogen) atoms. The molecule has 0 spiro atoms. The molecule has 0 unspecified atom stereocenters. The number of nitrogens with zero attached hydrogens (tertiary/aromatic N) is 2. The largest absolute Gasteiger partial charge is 0.347 e. The molecule has 1 aromatic carbocycles. The monoisotopic (exact) mass is 329 g/mol. The molecule has 4 nitrogen and oxygen atoms in total. The van der Waals surface area contributed by atoms with Crippen molar-refractivity contribution in [1.82, 2.24) is 15.1 Å². The maximum atomic E-state index is 14.0. The number of amides is 1. The van der Waals surface area contributed by atoms with E-state index in [2.05, 4.69) is 24.3 Å². The highest BCUT2D eigenvalue weighted by Crippen LogP contribution is 2.31. The summed E-state index contributed by atoms with van der Waals surface area (Å²) in [5, 5.41) is 7.38. The number of hydrogen-bond donors (Lipinski definition) is 1. The van der Waals surface area contributed by atoms with Crippen molar-refractivity contribution in [2.45, 2.75) is 52.0 Å². The fourth-order valence-corrected chi connectivity index (χ4v) is 3.36. The van der Waals surface area contributed by atoms with Crippen molar-refractivity contribution in [3.8, 4) is 5.69 Å². The number of benzene rings is 1. The second-order valence-electron chi connectivity index (χ2n) is 7.20. The summed E-state index contributed by atoms with van der Waals surface area (Å²) in [6.45, 7) is 6.15. The zero-order valence-corrected chi connectivity index (χ0v) is 14.5. The van der Waals surface area contributed by atoms with Gasteiger partial charge in [-0.1, -0.05) is 19.1 Å². The Kier molecular flexibility index (Phi) is 4.43. The number of nitrogens with one attached hydrogen (secondary N) is 1. The van der Waals surface area contributed by atoms with E-state index >= 15 is 0 Å². The van der Waals surface area contributed by atoms with E-state index in [-0.39, 0.29) is 17.3 Å². The van der Waals surface area contributed by atoms with Gasteiger partial charge in [0.1, 0.15) is 11.5 Å². The Balaban J connectivity index is 1.81. The molecule has 0 atom stereocenters. The van der Waals surface area contributed by atoms with Crippen molar-refractivity contribution < 1.29 is 9.18 Å². The Morgan fingerprint density at radius 3 is 2.67 bits per heavy atom. The number of para-hydroxylation sites is 1. The summed E-state index contributed by atoms with van der Waals surface area (Å²) in [5.74, 6) is 0.233. The van der Waals surface area contributed by atoms with E-state index in [1.165, 1.54) is 16.9 Å². The topological polar surface area (TPSA) is 46.9 Å². The van der Waals surface area contributed by atoms with E-state index in [9.17, 15) is 9.18 Å². The lowest BCUT2D eigenvalue weighted by molar-refractivity contribution is 0.0869. The van der Waals surface area contributed by atoms with Crippen LogP contribution in [0, 0.1) is 18.7 Å². The van der Waals surface area contributed by atoms with Gasteiger partial charge >= 0.3 is 0 Å². The highest BCUT2D eigenvalue weighted by Gasteiger charge is 2.32.